The number of nitrogens with one attached hydrogen (secondary N) is 4. The molecule has 4 amide bonds. The van der Waals surface area contributed by atoms with Crippen LogP contribution in [0.5, 0.6) is 5.75 Å². The summed E-state index contributed by atoms with van der Waals surface area (Å²) in [6.07, 6.45) is 1.29. The van der Waals surface area contributed by atoms with Crippen LogP contribution in [0, 0.1) is 5.82 Å². The van der Waals surface area contributed by atoms with Gasteiger partial charge in [-0.1, -0.05) is 6.07 Å². The van der Waals surface area contributed by atoms with E-state index in [-0.39, 0.29) is 42.0 Å². The Morgan fingerprint density at radius 1 is 1.24 bits per heavy atom. The maximum atomic E-state index is 14.2. The van der Waals surface area contributed by atoms with Gasteiger partial charge in [-0.25, -0.2) is 13.9 Å². The minimum Gasteiger partial charge on any atom is -0.482 e. The molecule has 174 valence electrons. The lowest BCUT2D eigenvalue weighted by Crippen LogP contribution is -2.41. The molecule has 0 unspecified atom stereocenters. The monoisotopic (exact) mass is 467 g/mol. The van der Waals surface area contributed by atoms with Gasteiger partial charge in [0.05, 0.1) is 11.9 Å². The van der Waals surface area contributed by atoms with Gasteiger partial charge in [-0.05, 0) is 24.1 Å². The van der Waals surface area contributed by atoms with Gasteiger partial charge in [-0.2, -0.15) is 5.10 Å². The first-order chi connectivity index (χ1) is 16.4. The predicted octanol–water partition coefficient (Wildman–Crippen LogP) is -0.252. The van der Waals surface area contributed by atoms with Crippen LogP contribution in [0.2, 0.25) is 0 Å². The Morgan fingerprint density at radius 2 is 2.09 bits per heavy atom. The van der Waals surface area contributed by atoms with Gasteiger partial charge < -0.3 is 26.0 Å². The molecule has 1 fully saturated rings. The largest absolute Gasteiger partial charge is 0.482 e. The van der Waals surface area contributed by atoms with Crippen molar-refractivity contribution in [1.82, 2.24) is 30.5 Å². The molecule has 0 saturated carbocycles. The molecule has 1 aromatic carbocycles. The average Bonchev–Trinajstić information content (AvgIpc) is 3.41. The van der Waals surface area contributed by atoms with Gasteiger partial charge in [0.2, 0.25) is 5.91 Å². The number of anilines is 1. The second-order valence-corrected chi connectivity index (χ2v) is 7.71. The summed E-state index contributed by atoms with van der Waals surface area (Å²) >= 11 is 0. The fourth-order valence-electron chi connectivity index (χ4n) is 3.69. The molecule has 34 heavy (non-hydrogen) atoms. The standard InChI is InChI=1S/C21H18FN7O5/c22-11-8-25-29-15(21(33)28-12-3-4-23-19(12)31)6-14(27-18(11)29)20(32)24-7-10-1-2-16-13(5-10)26-17(30)9-34-16/h1-2,5-6,8,12H,3-4,7,9H2,(H,23,31)(H,24,32)(H,26,30)(H,28,33)/t12-/m0/s1. The van der Waals surface area contributed by atoms with Crippen LogP contribution in [0.15, 0.2) is 30.5 Å². The molecule has 0 aliphatic carbocycles. The van der Waals surface area contributed by atoms with Crippen molar-refractivity contribution in [3.63, 3.8) is 0 Å². The normalized spacial score (nSPS) is 16.9. The van der Waals surface area contributed by atoms with Crippen molar-refractivity contribution in [2.45, 2.75) is 19.0 Å². The highest BCUT2D eigenvalue weighted by Gasteiger charge is 2.28. The van der Waals surface area contributed by atoms with Crippen LogP contribution in [0.25, 0.3) is 5.65 Å². The summed E-state index contributed by atoms with van der Waals surface area (Å²) in [5, 5.41) is 14.3. The summed E-state index contributed by atoms with van der Waals surface area (Å²) in [5.41, 5.74) is 0.496. The smallest absolute Gasteiger partial charge is 0.270 e. The lowest BCUT2D eigenvalue weighted by Gasteiger charge is -2.18. The van der Waals surface area contributed by atoms with Crippen LogP contribution in [0.1, 0.15) is 33.0 Å². The number of rotatable bonds is 5. The first kappa shape index (κ1) is 21.3. The van der Waals surface area contributed by atoms with E-state index in [1.165, 1.54) is 6.07 Å². The molecule has 1 atom stereocenters. The highest BCUT2D eigenvalue weighted by Crippen LogP contribution is 2.28. The van der Waals surface area contributed by atoms with Crippen LogP contribution < -0.4 is 26.0 Å². The summed E-state index contributed by atoms with van der Waals surface area (Å²) in [7, 11) is 0. The van der Waals surface area contributed by atoms with Crippen molar-refractivity contribution in [2.75, 3.05) is 18.5 Å². The van der Waals surface area contributed by atoms with E-state index in [9.17, 15) is 23.6 Å². The van der Waals surface area contributed by atoms with E-state index in [1.54, 1.807) is 18.2 Å². The van der Waals surface area contributed by atoms with Gasteiger partial charge in [0.25, 0.3) is 17.7 Å². The molecule has 4 N–H and O–H groups in total. The zero-order chi connectivity index (χ0) is 23.8. The summed E-state index contributed by atoms with van der Waals surface area (Å²) in [6.45, 7) is 0.433. The molecule has 1 saturated heterocycles. The molecular weight excluding hydrogens is 449 g/mol. The van der Waals surface area contributed by atoms with Crippen molar-refractivity contribution in [3.8, 4) is 5.75 Å². The first-order valence-corrected chi connectivity index (χ1v) is 10.4. The van der Waals surface area contributed by atoms with Crippen molar-refractivity contribution in [2.24, 2.45) is 0 Å². The fourth-order valence-corrected chi connectivity index (χ4v) is 3.69. The summed E-state index contributed by atoms with van der Waals surface area (Å²) in [4.78, 5) is 52.9. The highest BCUT2D eigenvalue weighted by molar-refractivity contribution is 6.00. The number of hydrogen-bond donors (Lipinski definition) is 4. The van der Waals surface area contributed by atoms with E-state index in [0.29, 0.717) is 30.0 Å². The number of carbonyl (C=O) groups is 4. The van der Waals surface area contributed by atoms with E-state index < -0.39 is 23.7 Å². The van der Waals surface area contributed by atoms with Gasteiger partial charge in [0.1, 0.15) is 23.2 Å². The quantitative estimate of drug-likeness (QED) is 0.403. The molecule has 0 radical (unpaired) electrons. The van der Waals surface area contributed by atoms with E-state index in [1.807, 2.05) is 0 Å². The number of hydrogen-bond acceptors (Lipinski definition) is 7. The number of aromatic nitrogens is 3. The topological polar surface area (TPSA) is 156 Å². The molecule has 13 heteroatoms. The van der Waals surface area contributed by atoms with E-state index in [0.717, 1.165) is 10.7 Å². The fraction of sp³-hybridized carbons (Fsp3) is 0.238. The molecular formula is C21H18FN7O5. The van der Waals surface area contributed by atoms with Crippen LogP contribution in [-0.4, -0.2) is 57.4 Å². The van der Waals surface area contributed by atoms with E-state index in [2.05, 4.69) is 31.3 Å². The van der Waals surface area contributed by atoms with Gasteiger partial charge >= 0.3 is 0 Å². The van der Waals surface area contributed by atoms with E-state index >= 15 is 0 Å². The first-order valence-electron chi connectivity index (χ1n) is 10.4. The summed E-state index contributed by atoms with van der Waals surface area (Å²) < 4.78 is 20.5. The lowest BCUT2D eigenvalue weighted by molar-refractivity contribution is -0.120. The number of ether oxygens (including phenoxy) is 1. The number of nitrogens with zero attached hydrogens (tertiary/aromatic N) is 3. The second kappa shape index (κ2) is 8.42. The predicted molar refractivity (Wildman–Crippen MR) is 114 cm³/mol. The van der Waals surface area contributed by atoms with Gasteiger partial charge in [0, 0.05) is 19.2 Å². The van der Waals surface area contributed by atoms with Crippen LogP contribution in [0.4, 0.5) is 10.1 Å². The molecule has 0 bridgehead atoms. The third-order valence-electron chi connectivity index (χ3n) is 5.38. The van der Waals surface area contributed by atoms with Crippen molar-refractivity contribution >= 4 is 35.0 Å². The van der Waals surface area contributed by atoms with Gasteiger partial charge in [0.15, 0.2) is 18.1 Å². The van der Waals surface area contributed by atoms with E-state index in [4.69, 9.17) is 4.74 Å². The molecule has 2 aromatic heterocycles. The number of halogens is 1. The van der Waals surface area contributed by atoms with Gasteiger partial charge in [-0.3, -0.25) is 19.2 Å². The SMILES string of the molecule is O=C1COc2ccc(CNC(=O)c3cc(C(=O)N[C@H]4CCNC4=O)n4ncc(F)c4n3)cc2N1. The minimum absolute atomic E-state index is 0.0658. The van der Waals surface area contributed by atoms with Crippen LogP contribution in [0.3, 0.4) is 0 Å². The molecule has 12 nitrogen and oxygen atoms in total. The number of benzene rings is 1. The third kappa shape index (κ3) is 3.98. The average molecular weight is 467 g/mol. The number of carbonyl (C=O) groups excluding carboxylic acids is 4. The molecule has 0 spiro atoms. The maximum absolute atomic E-state index is 14.2. The number of fused-ring (bicyclic) bond motifs is 2. The zero-order valence-corrected chi connectivity index (χ0v) is 17.6. The molecule has 3 aromatic rings. The highest BCUT2D eigenvalue weighted by atomic mass is 19.1. The molecule has 2 aliphatic rings. The Bertz CT molecular complexity index is 1350. The van der Waals surface area contributed by atoms with Crippen molar-refractivity contribution in [1.29, 1.82) is 0 Å². The van der Waals surface area contributed by atoms with Crippen LogP contribution >= 0.6 is 0 Å². The summed E-state index contributed by atoms with van der Waals surface area (Å²) in [6, 6.07) is 5.49. The summed E-state index contributed by atoms with van der Waals surface area (Å²) in [5.74, 6) is -2.26. The second-order valence-electron chi connectivity index (χ2n) is 7.71. The third-order valence-corrected chi connectivity index (χ3v) is 5.38. The van der Waals surface area contributed by atoms with Crippen molar-refractivity contribution in [3.05, 3.63) is 53.2 Å². The van der Waals surface area contributed by atoms with Gasteiger partial charge in [-0.15, -0.1) is 0 Å². The Balaban J connectivity index is 1.36. The zero-order valence-electron chi connectivity index (χ0n) is 17.6. The number of amides is 4. The Kier molecular flexibility index (Phi) is 5.28. The Labute approximate surface area is 190 Å². The maximum Gasteiger partial charge on any atom is 0.270 e. The minimum atomic E-state index is -0.812. The van der Waals surface area contributed by atoms with Crippen molar-refractivity contribution < 1.29 is 28.3 Å². The Morgan fingerprint density at radius 3 is 2.88 bits per heavy atom. The lowest BCUT2D eigenvalue weighted by atomic mass is 10.1. The van der Waals surface area contributed by atoms with Crippen LogP contribution in [-0.2, 0) is 16.1 Å². The molecule has 2 aliphatic heterocycles. The Hall–Kier alpha value is -4.55. The molecule has 5 rings (SSSR count). The molecule has 4 heterocycles.